The number of likely N-dealkylation sites (N-methyl/N-ethyl adjacent to an activating group) is 1. The van der Waals surface area contributed by atoms with Gasteiger partial charge in [-0.05, 0) is 43.2 Å². The molecule has 2 heterocycles. The number of aromatic nitrogens is 2. The molecule has 0 aliphatic carbocycles. The molecule has 5 heteroatoms. The molecule has 5 nitrogen and oxygen atoms in total. The molecule has 1 fully saturated rings. The molecule has 1 unspecified atom stereocenters. The third kappa shape index (κ3) is 3.68. The second kappa shape index (κ2) is 7.43. The van der Waals surface area contributed by atoms with Crippen LogP contribution in [0.3, 0.4) is 0 Å². The predicted octanol–water partition coefficient (Wildman–Crippen LogP) is 3.76. The summed E-state index contributed by atoms with van der Waals surface area (Å²) in [6.45, 7) is 4.29. The van der Waals surface area contributed by atoms with E-state index >= 15 is 0 Å². The van der Waals surface area contributed by atoms with E-state index in [0.717, 1.165) is 42.1 Å². The van der Waals surface area contributed by atoms with E-state index in [2.05, 4.69) is 29.7 Å². The maximum absolute atomic E-state index is 12.0. The molecule has 0 saturated carbocycles. The van der Waals surface area contributed by atoms with Gasteiger partial charge < -0.3 is 14.2 Å². The number of imidazole rings is 1. The highest BCUT2D eigenvalue weighted by Gasteiger charge is 2.31. The van der Waals surface area contributed by atoms with Gasteiger partial charge in [-0.1, -0.05) is 24.3 Å². The van der Waals surface area contributed by atoms with Crippen LogP contribution in [0.15, 0.2) is 48.5 Å². The maximum Gasteiger partial charge on any atom is 0.223 e. The summed E-state index contributed by atoms with van der Waals surface area (Å²) >= 11 is 0. The van der Waals surface area contributed by atoms with E-state index in [9.17, 15) is 4.79 Å². The Morgan fingerprint density at radius 1 is 1.19 bits per heavy atom. The Morgan fingerprint density at radius 3 is 2.81 bits per heavy atom. The van der Waals surface area contributed by atoms with Gasteiger partial charge in [0.05, 0.1) is 17.6 Å². The van der Waals surface area contributed by atoms with Crippen LogP contribution in [-0.4, -0.2) is 40.6 Å². The van der Waals surface area contributed by atoms with Crippen LogP contribution in [0, 0.1) is 6.92 Å². The van der Waals surface area contributed by atoms with Crippen molar-refractivity contribution in [1.29, 1.82) is 0 Å². The zero-order valence-electron chi connectivity index (χ0n) is 15.9. The number of hydrogen-bond donors (Lipinski definition) is 0. The van der Waals surface area contributed by atoms with Crippen LogP contribution in [0.1, 0.15) is 30.1 Å². The first kappa shape index (κ1) is 17.6. The molecule has 1 aromatic heterocycles. The van der Waals surface area contributed by atoms with Crippen molar-refractivity contribution < 1.29 is 9.53 Å². The van der Waals surface area contributed by atoms with Gasteiger partial charge in [-0.15, -0.1) is 0 Å². The zero-order chi connectivity index (χ0) is 18.8. The highest BCUT2D eigenvalue weighted by Crippen LogP contribution is 2.29. The van der Waals surface area contributed by atoms with E-state index in [1.807, 2.05) is 37.4 Å². The van der Waals surface area contributed by atoms with Gasteiger partial charge in [0.1, 0.15) is 11.6 Å². The molecule has 0 radical (unpaired) electrons. The minimum Gasteiger partial charge on any atom is -0.494 e. The number of ether oxygens (including phenoxy) is 1. The van der Waals surface area contributed by atoms with E-state index in [-0.39, 0.29) is 11.8 Å². The minimum absolute atomic E-state index is 0.160. The van der Waals surface area contributed by atoms with Crippen LogP contribution in [0.25, 0.3) is 11.0 Å². The van der Waals surface area contributed by atoms with Crippen molar-refractivity contribution in [3.8, 4) is 5.75 Å². The van der Waals surface area contributed by atoms with Crippen molar-refractivity contribution in [3.05, 3.63) is 59.9 Å². The lowest BCUT2D eigenvalue weighted by Crippen LogP contribution is -2.19. The second-order valence-corrected chi connectivity index (χ2v) is 7.30. The third-order valence-electron chi connectivity index (χ3n) is 5.17. The van der Waals surface area contributed by atoms with Gasteiger partial charge in [-0.2, -0.15) is 0 Å². The van der Waals surface area contributed by atoms with E-state index in [4.69, 9.17) is 9.72 Å². The van der Waals surface area contributed by atoms with Crippen LogP contribution in [0.5, 0.6) is 5.75 Å². The number of hydrogen-bond acceptors (Lipinski definition) is 3. The summed E-state index contributed by atoms with van der Waals surface area (Å²) in [7, 11) is 1.87. The first-order valence-electron chi connectivity index (χ1n) is 9.50. The third-order valence-corrected chi connectivity index (χ3v) is 5.17. The van der Waals surface area contributed by atoms with Crippen molar-refractivity contribution in [1.82, 2.24) is 14.5 Å². The molecular formula is C22H25N3O2. The van der Waals surface area contributed by atoms with E-state index in [1.165, 1.54) is 5.56 Å². The lowest BCUT2D eigenvalue weighted by Gasteiger charge is -2.14. The predicted molar refractivity (Wildman–Crippen MR) is 106 cm³/mol. The Morgan fingerprint density at radius 2 is 2.04 bits per heavy atom. The Balaban J connectivity index is 1.50. The molecule has 140 valence electrons. The Labute approximate surface area is 159 Å². The highest BCUT2D eigenvalue weighted by atomic mass is 16.5. The van der Waals surface area contributed by atoms with Crippen molar-refractivity contribution in [3.63, 3.8) is 0 Å². The minimum atomic E-state index is 0.160. The molecular weight excluding hydrogens is 338 g/mol. The van der Waals surface area contributed by atoms with Crippen LogP contribution in [0.4, 0.5) is 0 Å². The standard InChI is InChI=1S/C22H25N3O2/c1-16-7-5-8-18(13-16)27-12-6-11-25-20-10-4-3-9-19(20)23-22(25)17-14-21(26)24(2)15-17/h3-5,7-10,13,17H,6,11-12,14-15H2,1-2H3. The molecule has 0 bridgehead atoms. The molecule has 1 atom stereocenters. The Bertz CT molecular complexity index is 963. The molecule has 27 heavy (non-hydrogen) atoms. The molecule has 0 spiro atoms. The monoisotopic (exact) mass is 363 g/mol. The summed E-state index contributed by atoms with van der Waals surface area (Å²) in [5, 5.41) is 0. The molecule has 2 aromatic carbocycles. The number of fused-ring (bicyclic) bond motifs is 1. The first-order chi connectivity index (χ1) is 13.1. The first-order valence-corrected chi connectivity index (χ1v) is 9.50. The molecule has 0 N–H and O–H groups in total. The average Bonchev–Trinajstić information content (AvgIpc) is 3.19. The molecule has 4 rings (SSSR count). The lowest BCUT2D eigenvalue weighted by molar-refractivity contribution is -0.126. The molecule has 1 amide bonds. The van der Waals surface area contributed by atoms with Gasteiger partial charge >= 0.3 is 0 Å². The lowest BCUT2D eigenvalue weighted by atomic mass is 10.1. The SMILES string of the molecule is Cc1cccc(OCCCn2c(C3CC(=O)N(C)C3)nc3ccccc32)c1. The molecule has 3 aromatic rings. The fraction of sp³-hybridized carbons (Fsp3) is 0.364. The molecule has 1 saturated heterocycles. The highest BCUT2D eigenvalue weighted by molar-refractivity contribution is 5.80. The second-order valence-electron chi connectivity index (χ2n) is 7.30. The van der Waals surface area contributed by atoms with Gasteiger partial charge in [0, 0.05) is 32.5 Å². The summed E-state index contributed by atoms with van der Waals surface area (Å²) in [6.07, 6.45) is 1.43. The van der Waals surface area contributed by atoms with Gasteiger partial charge in [-0.3, -0.25) is 4.79 Å². The molecule has 1 aliphatic heterocycles. The normalized spacial score (nSPS) is 17.0. The van der Waals surface area contributed by atoms with Crippen molar-refractivity contribution in [2.75, 3.05) is 20.2 Å². The van der Waals surface area contributed by atoms with Gasteiger partial charge in [0.15, 0.2) is 0 Å². The summed E-state index contributed by atoms with van der Waals surface area (Å²) in [5.74, 6) is 2.28. The number of para-hydroxylation sites is 2. The smallest absolute Gasteiger partial charge is 0.223 e. The summed E-state index contributed by atoms with van der Waals surface area (Å²) in [6, 6.07) is 16.3. The average molecular weight is 363 g/mol. The number of amides is 1. The number of benzene rings is 2. The van der Waals surface area contributed by atoms with Crippen LogP contribution in [-0.2, 0) is 11.3 Å². The topological polar surface area (TPSA) is 47.4 Å². The number of rotatable bonds is 6. The fourth-order valence-electron chi connectivity index (χ4n) is 3.80. The van der Waals surface area contributed by atoms with Gasteiger partial charge in [0.25, 0.3) is 0 Å². The van der Waals surface area contributed by atoms with Crippen molar-refractivity contribution in [2.45, 2.75) is 32.2 Å². The molecule has 1 aliphatic rings. The Kier molecular flexibility index (Phi) is 4.84. The summed E-state index contributed by atoms with van der Waals surface area (Å²) in [4.78, 5) is 18.7. The number of carbonyl (C=O) groups excluding carboxylic acids is 1. The van der Waals surface area contributed by atoms with Crippen molar-refractivity contribution in [2.24, 2.45) is 0 Å². The Hall–Kier alpha value is -2.82. The number of carbonyl (C=O) groups is 1. The van der Waals surface area contributed by atoms with Gasteiger partial charge in [0.2, 0.25) is 5.91 Å². The largest absolute Gasteiger partial charge is 0.494 e. The van der Waals surface area contributed by atoms with Gasteiger partial charge in [-0.25, -0.2) is 4.98 Å². The van der Waals surface area contributed by atoms with Crippen LogP contribution < -0.4 is 4.74 Å². The number of likely N-dealkylation sites (tertiary alicyclic amines) is 1. The quantitative estimate of drug-likeness (QED) is 0.627. The van der Waals surface area contributed by atoms with E-state index in [1.54, 1.807) is 4.90 Å². The zero-order valence-corrected chi connectivity index (χ0v) is 15.9. The van der Waals surface area contributed by atoms with Crippen LogP contribution >= 0.6 is 0 Å². The van der Waals surface area contributed by atoms with Crippen LogP contribution in [0.2, 0.25) is 0 Å². The van der Waals surface area contributed by atoms with E-state index in [0.29, 0.717) is 13.0 Å². The summed E-state index contributed by atoms with van der Waals surface area (Å²) < 4.78 is 8.17. The van der Waals surface area contributed by atoms with Crippen molar-refractivity contribution >= 4 is 16.9 Å². The number of nitrogens with zero attached hydrogens (tertiary/aromatic N) is 3. The fourth-order valence-corrected chi connectivity index (χ4v) is 3.80. The summed E-state index contributed by atoms with van der Waals surface area (Å²) in [5.41, 5.74) is 3.32. The maximum atomic E-state index is 12.0. The number of aryl methyl sites for hydroxylation is 2. The van der Waals surface area contributed by atoms with E-state index < -0.39 is 0 Å².